The highest BCUT2D eigenvalue weighted by atomic mass is 79.9. The zero-order valence-electron chi connectivity index (χ0n) is 9.35. The first-order chi connectivity index (χ1) is 8.58. The molecule has 0 aliphatic heterocycles. The van der Waals surface area contributed by atoms with Crippen molar-refractivity contribution in [2.24, 2.45) is 0 Å². The lowest BCUT2D eigenvalue weighted by molar-refractivity contribution is 0.451. The van der Waals surface area contributed by atoms with E-state index in [1.54, 1.807) is 12.1 Å². The number of anilines is 1. The van der Waals surface area contributed by atoms with Crippen LogP contribution >= 0.6 is 27.7 Å². The van der Waals surface area contributed by atoms with Gasteiger partial charge in [-0.05, 0) is 34.3 Å². The summed E-state index contributed by atoms with van der Waals surface area (Å²) in [6, 6.07) is 5.94. The van der Waals surface area contributed by atoms with Crippen LogP contribution in [0.15, 0.2) is 33.9 Å². The van der Waals surface area contributed by atoms with E-state index in [4.69, 9.17) is 10.5 Å². The zero-order chi connectivity index (χ0) is 13.1. The third-order valence-electron chi connectivity index (χ3n) is 2.00. The highest BCUT2D eigenvalue weighted by molar-refractivity contribution is 9.10. The molecule has 1 heterocycles. The fourth-order valence-corrected chi connectivity index (χ4v) is 1.85. The van der Waals surface area contributed by atoms with Crippen molar-refractivity contribution in [3.63, 3.8) is 0 Å². The van der Waals surface area contributed by atoms with E-state index in [2.05, 4.69) is 25.9 Å². The summed E-state index contributed by atoms with van der Waals surface area (Å²) >= 11 is 4.42. The molecule has 2 aromatic rings. The number of aromatic nitrogens is 2. The number of halogens is 2. The van der Waals surface area contributed by atoms with Crippen LogP contribution in [0.1, 0.15) is 0 Å². The van der Waals surface area contributed by atoms with Crippen molar-refractivity contribution in [2.45, 2.75) is 5.16 Å². The summed E-state index contributed by atoms with van der Waals surface area (Å²) in [4.78, 5) is 8.11. The van der Waals surface area contributed by atoms with E-state index in [0.717, 1.165) is 0 Å². The van der Waals surface area contributed by atoms with Gasteiger partial charge in [-0.25, -0.2) is 9.37 Å². The first-order valence-corrected chi connectivity index (χ1v) is 6.91. The Morgan fingerprint density at radius 2 is 2.11 bits per heavy atom. The molecular formula is C11H9BrFN3OS. The fraction of sp³-hybridized carbons (Fsp3) is 0.0909. The predicted octanol–water partition coefficient (Wildman–Crippen LogP) is 3.47. The van der Waals surface area contributed by atoms with Gasteiger partial charge in [0.2, 0.25) is 5.88 Å². The smallest absolute Gasteiger partial charge is 0.225 e. The van der Waals surface area contributed by atoms with Gasteiger partial charge in [-0.15, -0.1) is 0 Å². The minimum absolute atomic E-state index is 0.286. The molecule has 0 atom stereocenters. The minimum Gasteiger partial charge on any atom is -0.439 e. The number of rotatable bonds is 3. The van der Waals surface area contributed by atoms with E-state index < -0.39 is 5.82 Å². The summed E-state index contributed by atoms with van der Waals surface area (Å²) in [6.45, 7) is 0. The number of thioether (sulfide) groups is 1. The van der Waals surface area contributed by atoms with Crippen molar-refractivity contribution in [1.82, 2.24) is 9.97 Å². The van der Waals surface area contributed by atoms with Gasteiger partial charge in [-0.2, -0.15) is 4.98 Å². The van der Waals surface area contributed by atoms with Gasteiger partial charge in [0.15, 0.2) is 5.16 Å². The lowest BCUT2D eigenvalue weighted by Gasteiger charge is -2.07. The second-order valence-corrected chi connectivity index (χ2v) is 4.92. The fourth-order valence-electron chi connectivity index (χ4n) is 1.23. The van der Waals surface area contributed by atoms with Crippen molar-refractivity contribution in [3.8, 4) is 11.6 Å². The van der Waals surface area contributed by atoms with Crippen LogP contribution in [-0.4, -0.2) is 16.2 Å². The molecule has 0 spiro atoms. The molecular weight excluding hydrogens is 321 g/mol. The Kier molecular flexibility index (Phi) is 4.03. The van der Waals surface area contributed by atoms with Crippen LogP contribution in [-0.2, 0) is 0 Å². The van der Waals surface area contributed by atoms with Gasteiger partial charge < -0.3 is 10.5 Å². The molecule has 0 amide bonds. The molecule has 0 unspecified atom stereocenters. The average Bonchev–Trinajstić information content (AvgIpc) is 2.33. The Hall–Kier alpha value is -1.34. The molecule has 0 fully saturated rings. The first-order valence-electron chi connectivity index (χ1n) is 4.90. The number of nitrogens with zero attached hydrogens (tertiary/aromatic N) is 2. The van der Waals surface area contributed by atoms with Crippen molar-refractivity contribution in [1.29, 1.82) is 0 Å². The molecule has 2 rings (SSSR count). The molecule has 0 bridgehead atoms. The molecule has 94 valence electrons. The van der Waals surface area contributed by atoms with Crippen LogP contribution in [0.5, 0.6) is 11.6 Å². The SMILES string of the molecule is CSc1nc(N)cc(Oc2ccc(Br)c(F)c2)n1. The third-order valence-corrected chi connectivity index (χ3v) is 3.19. The Morgan fingerprint density at radius 1 is 1.33 bits per heavy atom. The highest BCUT2D eigenvalue weighted by Crippen LogP contribution is 2.26. The average molecular weight is 330 g/mol. The Morgan fingerprint density at radius 3 is 2.78 bits per heavy atom. The van der Waals surface area contributed by atoms with E-state index in [1.807, 2.05) is 6.26 Å². The van der Waals surface area contributed by atoms with Gasteiger partial charge in [0.1, 0.15) is 17.4 Å². The molecule has 0 aliphatic carbocycles. The standard InChI is InChI=1S/C11H9BrFN3OS/c1-18-11-15-9(14)5-10(16-11)17-6-2-3-7(12)8(13)4-6/h2-5H,1H3,(H2,14,15,16). The number of nitrogen functional groups attached to an aromatic ring is 1. The molecule has 2 N–H and O–H groups in total. The summed E-state index contributed by atoms with van der Waals surface area (Å²) in [5.74, 6) is 0.538. The molecule has 0 saturated carbocycles. The van der Waals surface area contributed by atoms with Gasteiger partial charge in [0.25, 0.3) is 0 Å². The van der Waals surface area contributed by atoms with Crippen LogP contribution in [0.4, 0.5) is 10.2 Å². The van der Waals surface area contributed by atoms with Gasteiger partial charge in [-0.1, -0.05) is 11.8 Å². The van der Waals surface area contributed by atoms with Gasteiger partial charge in [0, 0.05) is 12.1 Å². The van der Waals surface area contributed by atoms with Crippen LogP contribution in [0, 0.1) is 5.82 Å². The Balaban J connectivity index is 2.27. The second-order valence-electron chi connectivity index (χ2n) is 3.30. The number of benzene rings is 1. The monoisotopic (exact) mass is 329 g/mol. The Labute approximate surface area is 116 Å². The molecule has 0 saturated heterocycles. The molecule has 7 heteroatoms. The lowest BCUT2D eigenvalue weighted by Crippen LogP contribution is -1.97. The normalized spacial score (nSPS) is 10.4. The highest BCUT2D eigenvalue weighted by Gasteiger charge is 2.06. The quantitative estimate of drug-likeness (QED) is 0.690. The minimum atomic E-state index is -0.403. The lowest BCUT2D eigenvalue weighted by atomic mass is 10.3. The first kappa shape index (κ1) is 13.1. The number of hydrogen-bond donors (Lipinski definition) is 1. The molecule has 1 aromatic carbocycles. The number of hydrogen-bond acceptors (Lipinski definition) is 5. The third kappa shape index (κ3) is 3.11. The maximum atomic E-state index is 13.3. The summed E-state index contributed by atoms with van der Waals surface area (Å²) in [5, 5.41) is 0.502. The van der Waals surface area contributed by atoms with E-state index in [0.29, 0.717) is 21.2 Å². The zero-order valence-corrected chi connectivity index (χ0v) is 11.8. The van der Waals surface area contributed by atoms with E-state index in [-0.39, 0.29) is 5.88 Å². The summed E-state index contributed by atoms with van der Waals surface area (Å²) in [7, 11) is 0. The number of ether oxygens (including phenoxy) is 1. The van der Waals surface area contributed by atoms with Crippen molar-refractivity contribution < 1.29 is 9.13 Å². The molecule has 0 aliphatic rings. The summed E-state index contributed by atoms with van der Waals surface area (Å²) < 4.78 is 19.1. The largest absolute Gasteiger partial charge is 0.439 e. The summed E-state index contributed by atoms with van der Waals surface area (Å²) in [5.41, 5.74) is 5.62. The van der Waals surface area contributed by atoms with Crippen LogP contribution < -0.4 is 10.5 Å². The van der Waals surface area contributed by atoms with Gasteiger partial charge >= 0.3 is 0 Å². The van der Waals surface area contributed by atoms with E-state index >= 15 is 0 Å². The second kappa shape index (κ2) is 5.53. The maximum absolute atomic E-state index is 13.3. The molecule has 0 radical (unpaired) electrons. The van der Waals surface area contributed by atoms with Gasteiger partial charge in [-0.3, -0.25) is 0 Å². The molecule has 1 aromatic heterocycles. The van der Waals surface area contributed by atoms with Crippen molar-refractivity contribution in [3.05, 3.63) is 34.6 Å². The van der Waals surface area contributed by atoms with Crippen LogP contribution in [0.3, 0.4) is 0 Å². The van der Waals surface area contributed by atoms with Crippen LogP contribution in [0.2, 0.25) is 0 Å². The van der Waals surface area contributed by atoms with E-state index in [1.165, 1.54) is 23.9 Å². The van der Waals surface area contributed by atoms with E-state index in [9.17, 15) is 4.39 Å². The van der Waals surface area contributed by atoms with Crippen molar-refractivity contribution in [2.75, 3.05) is 12.0 Å². The van der Waals surface area contributed by atoms with Gasteiger partial charge in [0.05, 0.1) is 4.47 Å². The van der Waals surface area contributed by atoms with Crippen molar-refractivity contribution >= 4 is 33.5 Å². The summed E-state index contributed by atoms with van der Waals surface area (Å²) in [6.07, 6.45) is 1.83. The van der Waals surface area contributed by atoms with Crippen LogP contribution in [0.25, 0.3) is 0 Å². The predicted molar refractivity (Wildman–Crippen MR) is 72.4 cm³/mol. The maximum Gasteiger partial charge on any atom is 0.225 e. The molecule has 4 nitrogen and oxygen atoms in total. The Bertz CT molecular complexity index is 582. The number of nitrogens with two attached hydrogens (primary N) is 1. The molecule has 18 heavy (non-hydrogen) atoms. The topological polar surface area (TPSA) is 61.0 Å².